The Morgan fingerprint density at radius 2 is 1.94 bits per heavy atom. The fourth-order valence-corrected chi connectivity index (χ4v) is 4.61. The van der Waals surface area contributed by atoms with Gasteiger partial charge >= 0.3 is 0 Å². The van der Waals surface area contributed by atoms with Crippen molar-refractivity contribution in [3.8, 4) is 5.75 Å². The minimum absolute atomic E-state index is 0.202. The minimum atomic E-state index is -1.26. The van der Waals surface area contributed by atoms with Gasteiger partial charge in [-0.2, -0.15) is 4.80 Å². The summed E-state index contributed by atoms with van der Waals surface area (Å²) in [6.45, 7) is 1.94. The highest BCUT2D eigenvalue weighted by atomic mass is 79.9. The minimum Gasteiger partial charge on any atom is -0.479 e. The molecule has 11 heteroatoms. The largest absolute Gasteiger partial charge is 0.479 e. The molecule has 1 aromatic heterocycles. The van der Waals surface area contributed by atoms with Crippen LogP contribution in [-0.2, 0) is 23.1 Å². The van der Waals surface area contributed by atoms with Crippen LogP contribution >= 0.6 is 15.9 Å². The van der Waals surface area contributed by atoms with E-state index < -0.39 is 24.0 Å². The van der Waals surface area contributed by atoms with Crippen molar-refractivity contribution < 1.29 is 23.7 Å². The van der Waals surface area contributed by atoms with Gasteiger partial charge in [-0.3, -0.25) is 0 Å². The highest BCUT2D eigenvalue weighted by Crippen LogP contribution is 2.47. The molecule has 0 saturated carbocycles. The Morgan fingerprint density at radius 3 is 2.55 bits per heavy atom. The second-order valence-corrected chi connectivity index (χ2v) is 8.88. The van der Waals surface area contributed by atoms with Crippen molar-refractivity contribution in [2.24, 2.45) is 7.05 Å². The number of tetrazole rings is 1. The van der Waals surface area contributed by atoms with Crippen LogP contribution < -0.4 is 9.64 Å². The molecule has 0 aliphatic carbocycles. The van der Waals surface area contributed by atoms with Crippen molar-refractivity contribution in [1.29, 1.82) is 0 Å². The van der Waals surface area contributed by atoms with Gasteiger partial charge in [0.15, 0.2) is 17.7 Å². The zero-order valence-electron chi connectivity index (χ0n) is 18.6. The molecule has 0 radical (unpaired) electrons. The van der Waals surface area contributed by atoms with Crippen LogP contribution in [0.3, 0.4) is 0 Å². The number of aromatic nitrogens is 4. The molecule has 9 nitrogen and oxygen atoms in total. The number of hydrogen-bond donors (Lipinski definition) is 1. The lowest BCUT2D eigenvalue weighted by atomic mass is 9.83. The van der Waals surface area contributed by atoms with Crippen molar-refractivity contribution in [3.63, 3.8) is 0 Å². The average Bonchev–Trinajstić information content (AvgIpc) is 3.20. The van der Waals surface area contributed by atoms with E-state index >= 15 is 0 Å². The van der Waals surface area contributed by atoms with Crippen molar-refractivity contribution in [3.05, 3.63) is 64.1 Å². The molecule has 3 atom stereocenters. The highest BCUT2D eigenvalue weighted by molar-refractivity contribution is 9.10. The number of aliphatic hydroxyl groups is 1. The molecule has 176 valence electrons. The van der Waals surface area contributed by atoms with E-state index in [-0.39, 0.29) is 12.4 Å². The Morgan fingerprint density at radius 1 is 1.24 bits per heavy atom. The summed E-state index contributed by atoms with van der Waals surface area (Å²) in [4.78, 5) is 3.26. The predicted octanol–water partition coefficient (Wildman–Crippen LogP) is 2.99. The number of aliphatic hydroxyl groups excluding tert-OH is 1. The van der Waals surface area contributed by atoms with E-state index in [1.165, 1.54) is 31.1 Å². The summed E-state index contributed by atoms with van der Waals surface area (Å²) in [6.07, 6.45) is -1.98. The second-order valence-electron chi connectivity index (χ2n) is 7.96. The van der Waals surface area contributed by atoms with Crippen LogP contribution in [0, 0.1) is 5.82 Å². The molecule has 2 aromatic carbocycles. The first-order valence-corrected chi connectivity index (χ1v) is 11.0. The topological polar surface area (TPSA) is 94.8 Å². The van der Waals surface area contributed by atoms with Gasteiger partial charge in [0.1, 0.15) is 17.7 Å². The monoisotopic (exact) mass is 521 g/mol. The Hall–Kier alpha value is -2.60. The summed E-state index contributed by atoms with van der Waals surface area (Å²) in [7, 11) is 4.65. The van der Waals surface area contributed by atoms with Gasteiger partial charge in [-0.15, -0.1) is 10.2 Å². The number of anilines is 1. The van der Waals surface area contributed by atoms with Gasteiger partial charge in [0.25, 0.3) is 0 Å². The molecular weight excluding hydrogens is 497 g/mol. The Labute approximate surface area is 199 Å². The van der Waals surface area contributed by atoms with Gasteiger partial charge in [-0.05, 0) is 54.6 Å². The van der Waals surface area contributed by atoms with Crippen LogP contribution in [-0.4, -0.2) is 57.5 Å². The molecule has 0 saturated heterocycles. The van der Waals surface area contributed by atoms with Gasteiger partial charge < -0.3 is 24.2 Å². The number of fused-ring (bicyclic) bond motifs is 1. The lowest BCUT2D eigenvalue weighted by Gasteiger charge is -2.49. The maximum absolute atomic E-state index is 13.7. The zero-order valence-corrected chi connectivity index (χ0v) is 20.2. The molecule has 0 bridgehead atoms. The first-order chi connectivity index (χ1) is 15.8. The van der Waals surface area contributed by atoms with Gasteiger partial charge in [-0.25, -0.2) is 4.39 Å². The number of benzene rings is 2. The summed E-state index contributed by atoms with van der Waals surface area (Å²) in [6, 6.07) is 11.0. The number of methoxy groups -OCH3 is 2. The van der Waals surface area contributed by atoms with E-state index in [4.69, 9.17) is 14.2 Å². The number of halogens is 2. The number of ether oxygens (including phenoxy) is 3. The van der Waals surface area contributed by atoms with Crippen molar-refractivity contribution in [1.82, 2.24) is 20.2 Å². The molecule has 1 aliphatic heterocycles. The molecule has 33 heavy (non-hydrogen) atoms. The maximum Gasteiger partial charge on any atom is 0.199 e. The van der Waals surface area contributed by atoms with E-state index in [0.29, 0.717) is 17.3 Å². The van der Waals surface area contributed by atoms with Crippen molar-refractivity contribution >= 4 is 21.6 Å². The normalized spacial score (nSPS) is 22.2. The van der Waals surface area contributed by atoms with E-state index in [9.17, 15) is 9.50 Å². The van der Waals surface area contributed by atoms with E-state index in [0.717, 1.165) is 10.0 Å². The first kappa shape index (κ1) is 23.6. The molecular formula is C22H25BrFN5O4. The SMILES string of the molecule is COC(OC)[C@@]1(C)Oc2ccc(Br)cc2[C@H](N(Cc2nnn(C)n2)c2ccc(F)cc2)[C@H]1O. The Bertz CT molecular complexity index is 1110. The summed E-state index contributed by atoms with van der Waals surface area (Å²) < 4.78 is 31.8. The molecule has 0 unspecified atom stereocenters. The fraction of sp³-hybridized carbons (Fsp3) is 0.409. The maximum atomic E-state index is 13.7. The third kappa shape index (κ3) is 4.45. The first-order valence-electron chi connectivity index (χ1n) is 10.2. The molecule has 4 rings (SSSR count). The molecule has 2 heterocycles. The summed E-state index contributed by atoms with van der Waals surface area (Å²) in [5, 5.41) is 24.1. The van der Waals surface area contributed by atoms with Crippen LogP contribution in [0.15, 0.2) is 46.9 Å². The summed E-state index contributed by atoms with van der Waals surface area (Å²) in [5.74, 6) is 0.638. The molecule has 0 spiro atoms. The van der Waals surface area contributed by atoms with Gasteiger partial charge in [0, 0.05) is 29.9 Å². The van der Waals surface area contributed by atoms with E-state index in [2.05, 4.69) is 31.3 Å². The number of aryl methyl sites for hydroxylation is 1. The predicted molar refractivity (Wildman–Crippen MR) is 121 cm³/mol. The quantitative estimate of drug-likeness (QED) is 0.474. The van der Waals surface area contributed by atoms with Gasteiger partial charge in [-0.1, -0.05) is 15.9 Å². The van der Waals surface area contributed by atoms with Gasteiger partial charge in [0.05, 0.1) is 19.6 Å². The smallest absolute Gasteiger partial charge is 0.199 e. The summed E-state index contributed by atoms with van der Waals surface area (Å²) in [5.41, 5.74) is 0.131. The standard InChI is InChI=1S/C22H25BrFN5O4/c1-22(21(31-3)32-4)20(30)19(16-11-13(23)5-10-17(16)33-22)29(12-18-25-27-28(2)26-18)15-8-6-14(24)7-9-15/h5-11,19-21,30H,12H2,1-4H3/t19-,20+,22-/m0/s1. The van der Waals surface area contributed by atoms with E-state index in [1.807, 2.05) is 23.1 Å². The van der Waals surface area contributed by atoms with Gasteiger partial charge in [0.2, 0.25) is 0 Å². The third-order valence-electron chi connectivity index (χ3n) is 5.76. The number of hydrogen-bond acceptors (Lipinski definition) is 8. The molecule has 1 aliphatic rings. The lowest BCUT2D eigenvalue weighted by molar-refractivity contribution is -0.237. The lowest BCUT2D eigenvalue weighted by Crippen LogP contribution is -2.62. The van der Waals surface area contributed by atoms with Crippen LogP contribution in [0.25, 0.3) is 0 Å². The second kappa shape index (κ2) is 9.34. The van der Waals surface area contributed by atoms with E-state index in [1.54, 1.807) is 26.1 Å². The van der Waals surface area contributed by atoms with Crippen molar-refractivity contribution in [2.45, 2.75) is 37.5 Å². The van der Waals surface area contributed by atoms with Crippen LogP contribution in [0.4, 0.5) is 10.1 Å². The number of nitrogens with zero attached hydrogens (tertiary/aromatic N) is 5. The third-order valence-corrected chi connectivity index (χ3v) is 6.25. The fourth-order valence-electron chi connectivity index (χ4n) is 4.24. The Balaban J connectivity index is 1.89. The molecule has 1 N–H and O–H groups in total. The molecule has 0 amide bonds. The zero-order chi connectivity index (χ0) is 23.8. The van der Waals surface area contributed by atoms with Crippen LogP contribution in [0.1, 0.15) is 24.4 Å². The van der Waals surface area contributed by atoms with Crippen LogP contribution in [0.2, 0.25) is 0 Å². The summed E-state index contributed by atoms with van der Waals surface area (Å²) >= 11 is 3.52. The van der Waals surface area contributed by atoms with Crippen molar-refractivity contribution in [2.75, 3.05) is 19.1 Å². The van der Waals surface area contributed by atoms with Crippen LogP contribution in [0.5, 0.6) is 5.75 Å². The highest BCUT2D eigenvalue weighted by Gasteiger charge is 2.54. The molecule has 0 fully saturated rings. The number of rotatable bonds is 7. The average molecular weight is 522 g/mol. The molecule has 3 aromatic rings. The Kier molecular flexibility index (Phi) is 6.66.